The van der Waals surface area contributed by atoms with E-state index >= 15 is 0 Å². The van der Waals surface area contributed by atoms with Gasteiger partial charge < -0.3 is 15.4 Å². The van der Waals surface area contributed by atoms with E-state index in [1.54, 1.807) is 13.2 Å². The molecule has 0 radical (unpaired) electrons. The predicted molar refractivity (Wildman–Crippen MR) is 100 cm³/mol. The highest BCUT2D eigenvalue weighted by Gasteiger charge is 2.69. The van der Waals surface area contributed by atoms with Gasteiger partial charge >= 0.3 is 0 Å². The topological polar surface area (TPSA) is 85.2 Å². The molecule has 1 aromatic carbocycles. The van der Waals surface area contributed by atoms with Crippen molar-refractivity contribution in [1.29, 1.82) is 0 Å². The van der Waals surface area contributed by atoms with Crippen molar-refractivity contribution in [2.24, 2.45) is 7.05 Å². The van der Waals surface area contributed by atoms with Gasteiger partial charge in [-0.2, -0.15) is 5.10 Å². The monoisotopic (exact) mass is 426 g/mol. The second-order valence-electron chi connectivity index (χ2n) is 7.46. The maximum absolute atomic E-state index is 13.4. The molecule has 0 aliphatic heterocycles. The number of hydrogen-bond donors (Lipinski definition) is 2. The van der Waals surface area contributed by atoms with Crippen LogP contribution in [0.4, 0.5) is 4.39 Å². The van der Waals surface area contributed by atoms with Gasteiger partial charge in [0.05, 0.1) is 10.0 Å². The van der Waals surface area contributed by atoms with E-state index in [-0.39, 0.29) is 46.0 Å². The zero-order valence-corrected chi connectivity index (χ0v) is 16.4. The normalized spacial score (nSPS) is 24.7. The Balaban J connectivity index is 1.25. The van der Waals surface area contributed by atoms with Crippen molar-refractivity contribution in [3.05, 3.63) is 46.0 Å². The van der Waals surface area contributed by atoms with E-state index in [1.165, 1.54) is 16.8 Å². The molecule has 0 spiro atoms. The molecular weight excluding hydrogens is 410 g/mol. The third-order valence-electron chi connectivity index (χ3n) is 5.07. The fourth-order valence-electron chi connectivity index (χ4n) is 4.01. The molecule has 3 aliphatic rings. The number of aryl methyl sites for hydroxylation is 1. The average molecular weight is 427 g/mol. The maximum Gasteiger partial charge on any atom is 0.273 e. The maximum atomic E-state index is 13.4. The number of rotatable bonds is 6. The van der Waals surface area contributed by atoms with Gasteiger partial charge in [-0.15, -0.1) is 0 Å². The van der Waals surface area contributed by atoms with Gasteiger partial charge in [-0.1, -0.05) is 23.2 Å². The van der Waals surface area contributed by atoms with E-state index in [4.69, 9.17) is 27.9 Å². The van der Waals surface area contributed by atoms with Crippen LogP contribution in [0, 0.1) is 5.82 Å². The lowest BCUT2D eigenvalue weighted by Crippen LogP contribution is -2.84. The Morgan fingerprint density at radius 3 is 2.50 bits per heavy atom. The molecule has 2 aromatic rings. The highest BCUT2D eigenvalue weighted by atomic mass is 35.5. The molecule has 3 aliphatic carbocycles. The molecule has 2 N–H and O–H groups in total. The van der Waals surface area contributed by atoms with Crippen LogP contribution in [0.3, 0.4) is 0 Å². The predicted octanol–water partition coefficient (Wildman–Crippen LogP) is 2.47. The summed E-state index contributed by atoms with van der Waals surface area (Å²) in [6.45, 7) is -0.230. The SMILES string of the molecule is Cn1cc(Cl)c(C(=O)NC23CC(NC(=O)COc4ccc(Cl)c(F)c4)(C2)C3)n1. The summed E-state index contributed by atoms with van der Waals surface area (Å²) in [6, 6.07) is 3.99. The van der Waals surface area contributed by atoms with Gasteiger partial charge in [0.2, 0.25) is 0 Å². The molecule has 0 saturated heterocycles. The molecule has 5 rings (SSSR count). The van der Waals surface area contributed by atoms with E-state index in [0.29, 0.717) is 24.3 Å². The number of aromatic nitrogens is 2. The van der Waals surface area contributed by atoms with Crippen LogP contribution in [0.5, 0.6) is 5.75 Å². The fourth-order valence-corrected chi connectivity index (χ4v) is 4.40. The van der Waals surface area contributed by atoms with Gasteiger partial charge in [-0.3, -0.25) is 14.3 Å². The largest absolute Gasteiger partial charge is 0.484 e. The van der Waals surface area contributed by atoms with Crippen LogP contribution in [0.2, 0.25) is 10.0 Å². The standard InChI is InChI=1S/C18H17Cl2FN4O3/c1-25-5-12(20)15(24-25)16(27)23-18-7-17(8-18,9-18)22-14(26)6-28-10-2-3-11(19)13(21)4-10/h2-5H,6-9H2,1H3,(H,22,26)(H,23,27). The number of nitrogens with one attached hydrogen (secondary N) is 2. The summed E-state index contributed by atoms with van der Waals surface area (Å²) in [5, 5.41) is 10.2. The lowest BCUT2D eigenvalue weighted by molar-refractivity contribution is -0.141. The zero-order valence-electron chi connectivity index (χ0n) is 14.9. The molecule has 0 atom stereocenters. The number of amides is 2. The fraction of sp³-hybridized carbons (Fsp3) is 0.389. The molecule has 3 saturated carbocycles. The van der Waals surface area contributed by atoms with Gasteiger partial charge in [0, 0.05) is 30.4 Å². The number of carbonyl (C=O) groups is 2. The molecule has 7 nitrogen and oxygen atoms in total. The Bertz CT molecular complexity index is 958. The molecule has 148 valence electrons. The minimum Gasteiger partial charge on any atom is -0.484 e. The number of nitrogens with zero attached hydrogens (tertiary/aromatic N) is 2. The van der Waals surface area contributed by atoms with Crippen molar-refractivity contribution in [2.75, 3.05) is 6.61 Å². The minimum absolute atomic E-state index is 0.00926. The summed E-state index contributed by atoms with van der Waals surface area (Å²) in [7, 11) is 1.69. The molecule has 1 aromatic heterocycles. The summed E-state index contributed by atoms with van der Waals surface area (Å²) in [5.74, 6) is -1.00. The zero-order chi connectivity index (χ0) is 20.1. The Hall–Kier alpha value is -2.32. The van der Waals surface area contributed by atoms with Crippen molar-refractivity contribution in [3.8, 4) is 5.75 Å². The van der Waals surface area contributed by atoms with E-state index in [2.05, 4.69) is 15.7 Å². The summed E-state index contributed by atoms with van der Waals surface area (Å²) in [5.41, 5.74) is -0.464. The second-order valence-corrected chi connectivity index (χ2v) is 8.27. The first kappa shape index (κ1) is 19.0. The van der Waals surface area contributed by atoms with Crippen LogP contribution in [-0.2, 0) is 11.8 Å². The quantitative estimate of drug-likeness (QED) is 0.742. The smallest absolute Gasteiger partial charge is 0.273 e. The minimum atomic E-state index is -0.607. The molecule has 3 fully saturated rings. The van der Waals surface area contributed by atoms with Crippen LogP contribution in [0.1, 0.15) is 29.8 Å². The number of ether oxygens (including phenoxy) is 1. The van der Waals surface area contributed by atoms with E-state index in [9.17, 15) is 14.0 Å². The van der Waals surface area contributed by atoms with Crippen LogP contribution in [0.25, 0.3) is 0 Å². The van der Waals surface area contributed by atoms with Crippen molar-refractivity contribution in [2.45, 2.75) is 30.3 Å². The highest BCUT2D eigenvalue weighted by Crippen LogP contribution is 2.60. The lowest BCUT2D eigenvalue weighted by Gasteiger charge is -2.70. The molecule has 1 heterocycles. The number of hydrogen-bond acceptors (Lipinski definition) is 4. The molecule has 10 heteroatoms. The van der Waals surface area contributed by atoms with E-state index in [1.807, 2.05) is 0 Å². The Kier molecular flexibility index (Phi) is 4.50. The summed E-state index contributed by atoms with van der Waals surface area (Å²) >= 11 is 11.6. The van der Waals surface area contributed by atoms with Gasteiger partial charge in [0.1, 0.15) is 11.6 Å². The summed E-state index contributed by atoms with van der Waals surface area (Å²) in [4.78, 5) is 24.5. The second kappa shape index (κ2) is 6.63. The molecule has 2 bridgehead atoms. The van der Waals surface area contributed by atoms with E-state index < -0.39 is 5.82 Å². The van der Waals surface area contributed by atoms with Crippen LogP contribution in [-0.4, -0.2) is 39.3 Å². The van der Waals surface area contributed by atoms with Crippen molar-refractivity contribution in [1.82, 2.24) is 20.4 Å². The third-order valence-corrected chi connectivity index (χ3v) is 5.66. The van der Waals surface area contributed by atoms with Gasteiger partial charge in [0.25, 0.3) is 11.8 Å². The van der Waals surface area contributed by atoms with Crippen molar-refractivity contribution < 1.29 is 18.7 Å². The molecule has 28 heavy (non-hydrogen) atoms. The first-order valence-corrected chi connectivity index (χ1v) is 9.35. The lowest BCUT2D eigenvalue weighted by atomic mass is 9.44. The van der Waals surface area contributed by atoms with Crippen molar-refractivity contribution in [3.63, 3.8) is 0 Å². The number of halogens is 3. The first-order valence-electron chi connectivity index (χ1n) is 8.60. The number of carbonyl (C=O) groups excluding carboxylic acids is 2. The first-order chi connectivity index (χ1) is 13.2. The Morgan fingerprint density at radius 2 is 1.89 bits per heavy atom. The molecular formula is C18H17Cl2FN4O3. The van der Waals surface area contributed by atoms with Crippen LogP contribution >= 0.6 is 23.2 Å². The van der Waals surface area contributed by atoms with Crippen molar-refractivity contribution >= 4 is 35.0 Å². The Morgan fingerprint density at radius 1 is 1.21 bits per heavy atom. The molecule has 0 unspecified atom stereocenters. The average Bonchev–Trinajstić information content (AvgIpc) is 2.91. The summed E-state index contributed by atoms with van der Waals surface area (Å²) < 4.78 is 20.2. The highest BCUT2D eigenvalue weighted by molar-refractivity contribution is 6.33. The molecule has 2 amide bonds. The van der Waals surface area contributed by atoms with Gasteiger partial charge in [-0.05, 0) is 31.4 Å². The summed E-state index contributed by atoms with van der Waals surface area (Å²) in [6.07, 6.45) is 3.47. The van der Waals surface area contributed by atoms with Crippen LogP contribution in [0.15, 0.2) is 24.4 Å². The third kappa shape index (κ3) is 3.42. The van der Waals surface area contributed by atoms with Gasteiger partial charge in [-0.25, -0.2) is 4.39 Å². The van der Waals surface area contributed by atoms with Crippen LogP contribution < -0.4 is 15.4 Å². The van der Waals surface area contributed by atoms with E-state index in [0.717, 1.165) is 6.07 Å². The number of benzene rings is 1. The Labute approximate surface area is 170 Å². The van der Waals surface area contributed by atoms with Gasteiger partial charge in [0.15, 0.2) is 12.3 Å².